The van der Waals surface area contributed by atoms with Crippen LogP contribution in [0.25, 0.3) is 0 Å². The largest absolute Gasteiger partial charge is 0.352 e. The highest BCUT2D eigenvalue weighted by Crippen LogP contribution is 2.18. The molecule has 4 heteroatoms. The van der Waals surface area contributed by atoms with Crippen molar-refractivity contribution in [1.82, 2.24) is 15.1 Å². The van der Waals surface area contributed by atoms with E-state index in [0.717, 1.165) is 24.2 Å². The fraction of sp³-hybridized carbons (Fsp3) is 0.714. The summed E-state index contributed by atoms with van der Waals surface area (Å²) in [6, 6.07) is 2.15. The van der Waals surface area contributed by atoms with Crippen LogP contribution in [-0.2, 0) is 4.79 Å². The molecule has 1 aromatic rings. The molecule has 0 spiro atoms. The molecule has 1 aliphatic rings. The predicted molar refractivity (Wildman–Crippen MR) is 71.4 cm³/mol. The summed E-state index contributed by atoms with van der Waals surface area (Å²) in [6.07, 6.45) is 6.02. The van der Waals surface area contributed by atoms with Crippen molar-refractivity contribution in [3.8, 4) is 0 Å². The molecule has 1 fully saturated rings. The molecule has 1 N–H and O–H groups in total. The first-order chi connectivity index (χ1) is 8.58. The Hall–Kier alpha value is -1.32. The zero-order chi connectivity index (χ0) is 13.1. The third kappa shape index (κ3) is 2.92. The van der Waals surface area contributed by atoms with Crippen LogP contribution in [-0.4, -0.2) is 21.7 Å². The van der Waals surface area contributed by atoms with E-state index >= 15 is 0 Å². The Balaban J connectivity index is 1.97. The number of rotatable bonds is 3. The zero-order valence-corrected chi connectivity index (χ0v) is 11.6. The second-order valence-electron chi connectivity index (χ2n) is 5.39. The lowest BCUT2D eigenvalue weighted by Gasteiger charge is -2.24. The van der Waals surface area contributed by atoms with Crippen molar-refractivity contribution in [3.05, 3.63) is 17.5 Å². The number of carbonyl (C=O) groups is 1. The van der Waals surface area contributed by atoms with Gasteiger partial charge in [0.15, 0.2) is 0 Å². The van der Waals surface area contributed by atoms with Crippen LogP contribution in [0.3, 0.4) is 0 Å². The SMILES string of the molecule is Cc1cc(C)n(C(C)C(=O)NC2CCCCC2)n1. The molecule has 1 aliphatic carbocycles. The third-order valence-electron chi connectivity index (χ3n) is 3.74. The van der Waals surface area contributed by atoms with Gasteiger partial charge in [0.05, 0.1) is 5.69 Å². The second-order valence-corrected chi connectivity index (χ2v) is 5.39. The van der Waals surface area contributed by atoms with Gasteiger partial charge in [-0.05, 0) is 39.7 Å². The van der Waals surface area contributed by atoms with Crippen LogP contribution in [0.5, 0.6) is 0 Å². The minimum Gasteiger partial charge on any atom is -0.352 e. The molecule has 1 aromatic heterocycles. The summed E-state index contributed by atoms with van der Waals surface area (Å²) < 4.78 is 1.81. The first kappa shape index (κ1) is 13.1. The summed E-state index contributed by atoms with van der Waals surface area (Å²) in [6.45, 7) is 5.86. The maximum Gasteiger partial charge on any atom is 0.244 e. The van der Waals surface area contributed by atoms with E-state index in [1.165, 1.54) is 19.3 Å². The molecule has 0 aliphatic heterocycles. The standard InChI is InChI=1S/C14H23N3O/c1-10-9-11(2)17(16-10)12(3)14(18)15-13-7-5-4-6-8-13/h9,12-13H,4-8H2,1-3H3,(H,15,18). The van der Waals surface area contributed by atoms with Crippen LogP contribution >= 0.6 is 0 Å². The van der Waals surface area contributed by atoms with Crippen LogP contribution < -0.4 is 5.32 Å². The molecule has 2 rings (SSSR count). The zero-order valence-electron chi connectivity index (χ0n) is 11.6. The lowest BCUT2D eigenvalue weighted by atomic mass is 9.95. The van der Waals surface area contributed by atoms with E-state index in [4.69, 9.17) is 0 Å². The smallest absolute Gasteiger partial charge is 0.244 e. The molecule has 4 nitrogen and oxygen atoms in total. The van der Waals surface area contributed by atoms with Gasteiger partial charge in [0, 0.05) is 11.7 Å². The molecule has 1 amide bonds. The fourth-order valence-electron chi connectivity index (χ4n) is 2.72. The summed E-state index contributed by atoms with van der Waals surface area (Å²) in [5.41, 5.74) is 2.00. The maximum absolute atomic E-state index is 12.2. The molecule has 1 saturated carbocycles. The molecule has 1 atom stereocenters. The Morgan fingerprint density at radius 1 is 1.39 bits per heavy atom. The number of aromatic nitrogens is 2. The van der Waals surface area contributed by atoms with E-state index in [1.54, 1.807) is 0 Å². The van der Waals surface area contributed by atoms with Crippen LogP contribution in [0, 0.1) is 13.8 Å². The Labute approximate surface area is 109 Å². The molecule has 18 heavy (non-hydrogen) atoms. The number of hydrogen-bond donors (Lipinski definition) is 1. The van der Waals surface area contributed by atoms with Gasteiger partial charge >= 0.3 is 0 Å². The van der Waals surface area contributed by atoms with Crippen LogP contribution in [0.4, 0.5) is 0 Å². The molecule has 1 heterocycles. The highest BCUT2D eigenvalue weighted by Gasteiger charge is 2.22. The van der Waals surface area contributed by atoms with Crippen LogP contribution in [0.15, 0.2) is 6.07 Å². The molecular weight excluding hydrogens is 226 g/mol. The maximum atomic E-state index is 12.2. The van der Waals surface area contributed by atoms with Gasteiger partial charge in [0.2, 0.25) is 5.91 Å². The molecule has 1 unspecified atom stereocenters. The predicted octanol–water partition coefficient (Wildman–Crippen LogP) is 2.51. The number of nitrogens with zero attached hydrogens (tertiary/aromatic N) is 2. The van der Waals surface area contributed by atoms with Gasteiger partial charge in [0.1, 0.15) is 6.04 Å². The molecule has 100 valence electrons. The lowest BCUT2D eigenvalue weighted by Crippen LogP contribution is -2.40. The van der Waals surface area contributed by atoms with Crippen molar-refractivity contribution >= 4 is 5.91 Å². The van der Waals surface area contributed by atoms with Gasteiger partial charge < -0.3 is 5.32 Å². The van der Waals surface area contributed by atoms with E-state index in [9.17, 15) is 4.79 Å². The van der Waals surface area contributed by atoms with Gasteiger partial charge in [-0.25, -0.2) is 0 Å². The Morgan fingerprint density at radius 3 is 2.61 bits per heavy atom. The molecular formula is C14H23N3O. The van der Waals surface area contributed by atoms with Crippen LogP contribution in [0.1, 0.15) is 56.5 Å². The van der Waals surface area contributed by atoms with Crippen molar-refractivity contribution in [2.45, 2.75) is 65.0 Å². The minimum atomic E-state index is -0.222. The van der Waals surface area contributed by atoms with Crippen molar-refractivity contribution in [3.63, 3.8) is 0 Å². The molecule has 0 bridgehead atoms. The van der Waals surface area contributed by atoms with E-state index in [-0.39, 0.29) is 11.9 Å². The monoisotopic (exact) mass is 249 g/mol. The highest BCUT2D eigenvalue weighted by molar-refractivity contribution is 5.80. The van der Waals surface area contributed by atoms with Crippen molar-refractivity contribution < 1.29 is 4.79 Å². The van der Waals surface area contributed by atoms with Gasteiger partial charge in [0.25, 0.3) is 0 Å². The van der Waals surface area contributed by atoms with Gasteiger partial charge in [-0.3, -0.25) is 9.48 Å². The Bertz CT molecular complexity index is 419. The average Bonchev–Trinajstić information content (AvgIpc) is 2.68. The first-order valence-corrected chi connectivity index (χ1v) is 6.91. The first-order valence-electron chi connectivity index (χ1n) is 6.91. The quantitative estimate of drug-likeness (QED) is 0.894. The normalized spacial score (nSPS) is 18.6. The number of hydrogen-bond acceptors (Lipinski definition) is 2. The van der Waals surface area contributed by atoms with Gasteiger partial charge in [-0.15, -0.1) is 0 Å². The molecule has 0 radical (unpaired) electrons. The second kappa shape index (κ2) is 5.55. The Morgan fingerprint density at radius 2 is 2.06 bits per heavy atom. The number of amides is 1. The number of aryl methyl sites for hydroxylation is 2. The van der Waals surface area contributed by atoms with Gasteiger partial charge in [-0.1, -0.05) is 19.3 Å². The van der Waals surface area contributed by atoms with Crippen LogP contribution in [0.2, 0.25) is 0 Å². The van der Waals surface area contributed by atoms with E-state index in [1.807, 2.05) is 31.5 Å². The lowest BCUT2D eigenvalue weighted by molar-refractivity contribution is -0.125. The average molecular weight is 249 g/mol. The van der Waals surface area contributed by atoms with E-state index in [0.29, 0.717) is 6.04 Å². The third-order valence-corrected chi connectivity index (χ3v) is 3.74. The van der Waals surface area contributed by atoms with E-state index < -0.39 is 0 Å². The van der Waals surface area contributed by atoms with Crippen molar-refractivity contribution in [2.75, 3.05) is 0 Å². The van der Waals surface area contributed by atoms with E-state index in [2.05, 4.69) is 10.4 Å². The molecule has 0 aromatic carbocycles. The fourth-order valence-corrected chi connectivity index (χ4v) is 2.72. The number of carbonyl (C=O) groups excluding carboxylic acids is 1. The summed E-state index contributed by atoms with van der Waals surface area (Å²) >= 11 is 0. The van der Waals surface area contributed by atoms with Gasteiger partial charge in [-0.2, -0.15) is 5.10 Å². The summed E-state index contributed by atoms with van der Waals surface area (Å²) in [5, 5.41) is 7.53. The molecule has 0 saturated heterocycles. The number of nitrogens with one attached hydrogen (secondary N) is 1. The minimum absolute atomic E-state index is 0.0908. The summed E-state index contributed by atoms with van der Waals surface area (Å²) in [7, 11) is 0. The summed E-state index contributed by atoms with van der Waals surface area (Å²) in [5.74, 6) is 0.0908. The topological polar surface area (TPSA) is 46.9 Å². The summed E-state index contributed by atoms with van der Waals surface area (Å²) in [4.78, 5) is 12.2. The highest BCUT2D eigenvalue weighted by atomic mass is 16.2. The van der Waals surface area contributed by atoms with Crippen molar-refractivity contribution in [2.24, 2.45) is 0 Å². The Kier molecular flexibility index (Phi) is 4.04. The van der Waals surface area contributed by atoms with Crippen molar-refractivity contribution in [1.29, 1.82) is 0 Å².